The lowest BCUT2D eigenvalue weighted by Gasteiger charge is -2.17. The number of anilines is 1. The second-order valence-electron chi connectivity index (χ2n) is 5.63. The summed E-state index contributed by atoms with van der Waals surface area (Å²) in [5.74, 6) is -0.0264. The van der Waals surface area contributed by atoms with Crippen LogP contribution in [0, 0.1) is 13.8 Å². The normalized spacial score (nSPS) is 10.8. The van der Waals surface area contributed by atoms with Crippen molar-refractivity contribution in [2.45, 2.75) is 20.4 Å². The van der Waals surface area contributed by atoms with Crippen molar-refractivity contribution in [3.63, 3.8) is 0 Å². The Labute approximate surface area is 136 Å². The van der Waals surface area contributed by atoms with Crippen LogP contribution in [0.25, 0.3) is 0 Å². The Hall–Kier alpha value is -1.84. The van der Waals surface area contributed by atoms with E-state index in [-0.39, 0.29) is 5.91 Å². The number of carbonyl (C=O) groups is 1. The number of rotatable bonds is 5. The van der Waals surface area contributed by atoms with Gasteiger partial charge in [-0.05, 0) is 44.2 Å². The Bertz CT molecular complexity index is 670. The van der Waals surface area contributed by atoms with E-state index in [2.05, 4.69) is 11.4 Å². The maximum Gasteiger partial charge on any atom is 0.238 e. The van der Waals surface area contributed by atoms with E-state index in [0.29, 0.717) is 13.1 Å². The van der Waals surface area contributed by atoms with Crippen LogP contribution in [0.4, 0.5) is 5.69 Å². The Morgan fingerprint density at radius 2 is 1.91 bits per heavy atom. The second-order valence-corrected chi connectivity index (χ2v) is 6.04. The van der Waals surface area contributed by atoms with Gasteiger partial charge in [0, 0.05) is 17.3 Å². The summed E-state index contributed by atoms with van der Waals surface area (Å²) in [5, 5.41) is 3.68. The van der Waals surface area contributed by atoms with Gasteiger partial charge < -0.3 is 5.32 Å². The van der Waals surface area contributed by atoms with Crippen LogP contribution in [-0.2, 0) is 11.3 Å². The zero-order valence-electron chi connectivity index (χ0n) is 13.2. The number of aryl methyl sites for hydroxylation is 2. The third-order valence-corrected chi connectivity index (χ3v) is 3.84. The Kier molecular flexibility index (Phi) is 5.58. The highest BCUT2D eigenvalue weighted by Gasteiger charge is 2.10. The molecule has 0 aliphatic rings. The summed E-state index contributed by atoms with van der Waals surface area (Å²) in [4.78, 5) is 14.1. The second kappa shape index (κ2) is 7.43. The van der Waals surface area contributed by atoms with Crippen LogP contribution >= 0.6 is 11.6 Å². The van der Waals surface area contributed by atoms with Gasteiger partial charge >= 0.3 is 0 Å². The Balaban J connectivity index is 1.93. The first-order chi connectivity index (χ1) is 10.5. The smallest absolute Gasteiger partial charge is 0.238 e. The maximum absolute atomic E-state index is 12.1. The minimum absolute atomic E-state index is 0.0264. The first-order valence-electron chi connectivity index (χ1n) is 7.25. The fourth-order valence-corrected chi connectivity index (χ4v) is 2.56. The van der Waals surface area contributed by atoms with Gasteiger partial charge in [-0.2, -0.15) is 0 Å². The average Bonchev–Trinajstić information content (AvgIpc) is 2.44. The SMILES string of the molecule is Cc1ccc(NC(=O)CN(C)Cc2ccccc2Cl)c(C)c1. The van der Waals surface area contributed by atoms with E-state index in [1.165, 1.54) is 5.56 Å². The molecule has 0 saturated carbocycles. The number of carbonyl (C=O) groups excluding carboxylic acids is 1. The van der Waals surface area contributed by atoms with Gasteiger partial charge in [0.05, 0.1) is 6.54 Å². The van der Waals surface area contributed by atoms with Crippen LogP contribution in [0.15, 0.2) is 42.5 Å². The molecule has 0 bridgehead atoms. The molecule has 0 aliphatic carbocycles. The first-order valence-corrected chi connectivity index (χ1v) is 7.62. The molecule has 1 amide bonds. The van der Waals surface area contributed by atoms with Gasteiger partial charge in [-0.15, -0.1) is 0 Å². The molecule has 0 aromatic heterocycles. The van der Waals surface area contributed by atoms with Crippen molar-refractivity contribution in [3.8, 4) is 0 Å². The van der Waals surface area contributed by atoms with Crippen LogP contribution in [0.5, 0.6) is 0 Å². The van der Waals surface area contributed by atoms with E-state index in [1.807, 2.05) is 62.2 Å². The highest BCUT2D eigenvalue weighted by molar-refractivity contribution is 6.31. The Morgan fingerprint density at radius 3 is 2.59 bits per heavy atom. The summed E-state index contributed by atoms with van der Waals surface area (Å²) in [6.07, 6.45) is 0. The lowest BCUT2D eigenvalue weighted by atomic mass is 10.1. The standard InChI is InChI=1S/C18H21ClN2O/c1-13-8-9-17(14(2)10-13)20-18(22)12-21(3)11-15-6-4-5-7-16(15)19/h4-10H,11-12H2,1-3H3,(H,20,22). The summed E-state index contributed by atoms with van der Waals surface area (Å²) in [6.45, 7) is 4.99. The number of nitrogens with one attached hydrogen (secondary N) is 1. The molecule has 0 heterocycles. The molecule has 0 radical (unpaired) electrons. The number of likely N-dealkylation sites (N-methyl/N-ethyl adjacent to an activating group) is 1. The van der Waals surface area contributed by atoms with Crippen molar-refractivity contribution in [1.82, 2.24) is 4.90 Å². The molecule has 2 rings (SSSR count). The molecule has 2 aromatic carbocycles. The number of hydrogen-bond acceptors (Lipinski definition) is 2. The van der Waals surface area contributed by atoms with E-state index in [1.54, 1.807) is 0 Å². The Morgan fingerprint density at radius 1 is 1.18 bits per heavy atom. The topological polar surface area (TPSA) is 32.3 Å². The molecule has 2 aromatic rings. The van der Waals surface area contributed by atoms with Crippen molar-refractivity contribution in [2.75, 3.05) is 18.9 Å². The fourth-order valence-electron chi connectivity index (χ4n) is 2.36. The molecule has 3 nitrogen and oxygen atoms in total. The summed E-state index contributed by atoms with van der Waals surface area (Å²) in [5.41, 5.74) is 4.14. The monoisotopic (exact) mass is 316 g/mol. The summed E-state index contributed by atoms with van der Waals surface area (Å²) >= 11 is 6.14. The van der Waals surface area contributed by atoms with Crippen molar-refractivity contribution < 1.29 is 4.79 Å². The zero-order valence-corrected chi connectivity index (χ0v) is 13.9. The van der Waals surface area contributed by atoms with E-state index >= 15 is 0 Å². The number of amides is 1. The summed E-state index contributed by atoms with van der Waals surface area (Å²) in [7, 11) is 1.91. The molecule has 0 atom stereocenters. The number of halogens is 1. The first kappa shape index (κ1) is 16.5. The molecule has 1 N–H and O–H groups in total. The predicted molar refractivity (Wildman–Crippen MR) is 92.3 cm³/mol. The number of hydrogen-bond donors (Lipinski definition) is 1. The highest BCUT2D eigenvalue weighted by Crippen LogP contribution is 2.17. The van der Waals surface area contributed by atoms with Crippen LogP contribution in [0.3, 0.4) is 0 Å². The van der Waals surface area contributed by atoms with Crippen LogP contribution in [0.2, 0.25) is 5.02 Å². The predicted octanol–water partition coefficient (Wildman–Crippen LogP) is 4.03. The van der Waals surface area contributed by atoms with Crippen molar-refractivity contribution >= 4 is 23.2 Å². The van der Waals surface area contributed by atoms with Crippen LogP contribution < -0.4 is 5.32 Å². The van der Waals surface area contributed by atoms with E-state index in [9.17, 15) is 4.79 Å². The zero-order chi connectivity index (χ0) is 16.1. The quantitative estimate of drug-likeness (QED) is 0.903. The number of benzene rings is 2. The van der Waals surface area contributed by atoms with Crippen molar-refractivity contribution in [3.05, 3.63) is 64.2 Å². The molecule has 0 fully saturated rings. The third-order valence-electron chi connectivity index (χ3n) is 3.47. The van der Waals surface area contributed by atoms with E-state index in [4.69, 9.17) is 11.6 Å². The molecule has 4 heteroatoms. The minimum atomic E-state index is -0.0264. The average molecular weight is 317 g/mol. The lowest BCUT2D eigenvalue weighted by Crippen LogP contribution is -2.30. The van der Waals surface area contributed by atoms with Gasteiger partial charge in [-0.3, -0.25) is 9.69 Å². The largest absolute Gasteiger partial charge is 0.325 e. The third kappa shape index (κ3) is 4.58. The van der Waals surface area contributed by atoms with Crippen LogP contribution in [-0.4, -0.2) is 24.4 Å². The molecule has 0 unspecified atom stereocenters. The summed E-state index contributed by atoms with van der Waals surface area (Å²) < 4.78 is 0. The van der Waals surface area contributed by atoms with Gasteiger partial charge in [0.25, 0.3) is 0 Å². The van der Waals surface area contributed by atoms with Crippen molar-refractivity contribution in [2.24, 2.45) is 0 Å². The fraction of sp³-hybridized carbons (Fsp3) is 0.278. The minimum Gasteiger partial charge on any atom is -0.325 e. The molecule has 0 spiro atoms. The van der Waals surface area contributed by atoms with Crippen LogP contribution in [0.1, 0.15) is 16.7 Å². The number of nitrogens with zero attached hydrogens (tertiary/aromatic N) is 1. The van der Waals surface area contributed by atoms with Gasteiger partial charge in [0.1, 0.15) is 0 Å². The molecule has 0 aliphatic heterocycles. The summed E-state index contributed by atoms with van der Waals surface area (Å²) in [6, 6.07) is 13.7. The molecular formula is C18H21ClN2O. The lowest BCUT2D eigenvalue weighted by molar-refractivity contribution is -0.117. The van der Waals surface area contributed by atoms with E-state index in [0.717, 1.165) is 21.8 Å². The van der Waals surface area contributed by atoms with E-state index < -0.39 is 0 Å². The maximum atomic E-state index is 12.1. The highest BCUT2D eigenvalue weighted by atomic mass is 35.5. The van der Waals surface area contributed by atoms with Crippen molar-refractivity contribution in [1.29, 1.82) is 0 Å². The van der Waals surface area contributed by atoms with Gasteiger partial charge in [-0.25, -0.2) is 0 Å². The van der Waals surface area contributed by atoms with Gasteiger partial charge in [0.2, 0.25) is 5.91 Å². The molecule has 0 saturated heterocycles. The molecule has 116 valence electrons. The molecule has 22 heavy (non-hydrogen) atoms. The molecular weight excluding hydrogens is 296 g/mol. The van der Waals surface area contributed by atoms with Gasteiger partial charge in [0.15, 0.2) is 0 Å². The van der Waals surface area contributed by atoms with Gasteiger partial charge in [-0.1, -0.05) is 47.5 Å².